The number of nitrogens with zero attached hydrogens (tertiary/aromatic N) is 2. The molecule has 0 bridgehead atoms. The van der Waals surface area contributed by atoms with E-state index in [1.165, 1.54) is 5.56 Å². The van der Waals surface area contributed by atoms with E-state index in [0.717, 1.165) is 32.6 Å². The van der Waals surface area contributed by atoms with Crippen molar-refractivity contribution in [2.75, 3.05) is 26.2 Å². The van der Waals surface area contributed by atoms with Gasteiger partial charge in [0.25, 0.3) is 0 Å². The Morgan fingerprint density at radius 1 is 1.42 bits per heavy atom. The molecule has 2 rings (SSSR count). The third-order valence-electron chi connectivity index (χ3n) is 3.84. The average molecular weight is 261 g/mol. The van der Waals surface area contributed by atoms with Crippen LogP contribution in [0, 0.1) is 0 Å². The van der Waals surface area contributed by atoms with Crippen LogP contribution in [0.1, 0.15) is 18.9 Å². The maximum Gasteiger partial charge on any atom is 0.236 e. The molecule has 0 unspecified atom stereocenters. The van der Waals surface area contributed by atoms with Crippen LogP contribution >= 0.6 is 0 Å². The molecule has 19 heavy (non-hydrogen) atoms. The molecule has 1 aliphatic heterocycles. The minimum Gasteiger partial charge on any atom is -0.340 e. The molecule has 1 saturated heterocycles. The van der Waals surface area contributed by atoms with Gasteiger partial charge in [0.05, 0.1) is 6.54 Å². The molecule has 104 valence electrons. The summed E-state index contributed by atoms with van der Waals surface area (Å²) < 4.78 is 0. The number of amides is 1. The van der Waals surface area contributed by atoms with Crippen molar-refractivity contribution in [2.24, 2.45) is 5.73 Å². The molecule has 0 aliphatic carbocycles. The van der Waals surface area contributed by atoms with Crippen LogP contribution in [0.5, 0.6) is 0 Å². The Hall–Kier alpha value is -1.39. The molecule has 1 amide bonds. The van der Waals surface area contributed by atoms with E-state index in [4.69, 9.17) is 5.73 Å². The zero-order chi connectivity index (χ0) is 13.7. The van der Waals surface area contributed by atoms with E-state index >= 15 is 0 Å². The molecule has 4 nitrogen and oxygen atoms in total. The molecule has 4 heteroatoms. The van der Waals surface area contributed by atoms with Gasteiger partial charge in [0.2, 0.25) is 5.91 Å². The summed E-state index contributed by atoms with van der Waals surface area (Å²) >= 11 is 0. The molecule has 1 aliphatic rings. The highest BCUT2D eigenvalue weighted by Gasteiger charge is 2.28. The second-order valence-corrected chi connectivity index (χ2v) is 5.04. The fourth-order valence-electron chi connectivity index (χ4n) is 2.71. The molecule has 0 saturated carbocycles. The van der Waals surface area contributed by atoms with Crippen LogP contribution in [0.4, 0.5) is 0 Å². The fourth-order valence-corrected chi connectivity index (χ4v) is 2.71. The Kier molecular flexibility index (Phi) is 4.93. The highest BCUT2D eigenvalue weighted by Crippen LogP contribution is 2.18. The average Bonchev–Trinajstić information content (AvgIpc) is 2.94. The first-order valence-corrected chi connectivity index (χ1v) is 7.00. The highest BCUT2D eigenvalue weighted by molar-refractivity contribution is 5.78. The van der Waals surface area contributed by atoms with Crippen molar-refractivity contribution < 1.29 is 4.79 Å². The molecule has 1 aromatic rings. The predicted molar refractivity (Wildman–Crippen MR) is 76.6 cm³/mol. The topological polar surface area (TPSA) is 49.6 Å². The van der Waals surface area contributed by atoms with E-state index in [2.05, 4.69) is 36.1 Å². The van der Waals surface area contributed by atoms with Crippen molar-refractivity contribution in [1.82, 2.24) is 9.80 Å². The van der Waals surface area contributed by atoms with Crippen LogP contribution in [0.3, 0.4) is 0 Å². The summed E-state index contributed by atoms with van der Waals surface area (Å²) in [5.74, 6) is 0.0678. The molecule has 0 radical (unpaired) electrons. The normalized spacial score (nSPS) is 19.1. The number of likely N-dealkylation sites (N-methyl/N-ethyl adjacent to an activating group) is 1. The van der Waals surface area contributed by atoms with Gasteiger partial charge in [-0.1, -0.05) is 37.3 Å². The van der Waals surface area contributed by atoms with Gasteiger partial charge in [-0.2, -0.15) is 0 Å². The van der Waals surface area contributed by atoms with E-state index in [1.807, 2.05) is 11.0 Å². The largest absolute Gasteiger partial charge is 0.340 e. The number of carbonyl (C=O) groups is 1. The van der Waals surface area contributed by atoms with Gasteiger partial charge in [0.1, 0.15) is 0 Å². The minimum absolute atomic E-state index is 0.0678. The van der Waals surface area contributed by atoms with Crippen molar-refractivity contribution in [1.29, 1.82) is 0 Å². The van der Waals surface area contributed by atoms with Crippen molar-refractivity contribution >= 4 is 5.91 Å². The molecule has 1 aromatic carbocycles. The number of nitrogens with two attached hydrogens (primary N) is 1. The van der Waals surface area contributed by atoms with Gasteiger partial charge in [0, 0.05) is 25.7 Å². The van der Waals surface area contributed by atoms with E-state index in [9.17, 15) is 4.79 Å². The smallest absolute Gasteiger partial charge is 0.236 e. The molecular weight excluding hydrogens is 238 g/mol. The second-order valence-electron chi connectivity index (χ2n) is 5.04. The lowest BCUT2D eigenvalue weighted by molar-refractivity contribution is -0.128. The maximum atomic E-state index is 11.6. The first-order chi connectivity index (χ1) is 9.24. The molecular formula is C15H23N3O. The van der Waals surface area contributed by atoms with Crippen molar-refractivity contribution in [3.63, 3.8) is 0 Å². The van der Waals surface area contributed by atoms with Gasteiger partial charge < -0.3 is 10.6 Å². The zero-order valence-electron chi connectivity index (χ0n) is 11.6. The van der Waals surface area contributed by atoms with Crippen LogP contribution in [0.15, 0.2) is 30.3 Å². The van der Waals surface area contributed by atoms with E-state index < -0.39 is 0 Å². The number of hydrogen-bond acceptors (Lipinski definition) is 3. The third-order valence-corrected chi connectivity index (χ3v) is 3.84. The molecule has 2 N–H and O–H groups in total. The van der Waals surface area contributed by atoms with Crippen LogP contribution in [-0.2, 0) is 11.3 Å². The van der Waals surface area contributed by atoms with Crippen LogP contribution in [-0.4, -0.2) is 47.9 Å². The van der Waals surface area contributed by atoms with E-state index in [1.54, 1.807) is 0 Å². The van der Waals surface area contributed by atoms with Gasteiger partial charge in [-0.15, -0.1) is 0 Å². The predicted octanol–water partition coefficient (Wildman–Crippen LogP) is 1.07. The van der Waals surface area contributed by atoms with Gasteiger partial charge in [-0.05, 0) is 18.5 Å². The van der Waals surface area contributed by atoms with Crippen LogP contribution < -0.4 is 5.73 Å². The standard InChI is InChI=1S/C15H23N3O/c1-2-17(11-13-6-4-3-5-7-13)14-8-9-18(12-14)15(19)10-16/h3-7,14H,2,8-12,16H2,1H3/t14-/m1/s1. The highest BCUT2D eigenvalue weighted by atomic mass is 16.2. The Bertz CT molecular complexity index is 407. The number of benzene rings is 1. The Balaban J connectivity index is 1.94. The molecule has 0 spiro atoms. The lowest BCUT2D eigenvalue weighted by Gasteiger charge is -2.27. The maximum absolute atomic E-state index is 11.6. The number of likely N-dealkylation sites (tertiary alicyclic amines) is 1. The SMILES string of the molecule is CCN(Cc1ccccc1)[C@@H]1CCN(C(=O)CN)C1. The Morgan fingerprint density at radius 3 is 2.79 bits per heavy atom. The van der Waals surface area contributed by atoms with Crippen LogP contribution in [0.25, 0.3) is 0 Å². The quantitative estimate of drug-likeness (QED) is 0.862. The van der Waals surface area contributed by atoms with E-state index in [-0.39, 0.29) is 12.5 Å². The lowest BCUT2D eigenvalue weighted by atomic mass is 10.1. The summed E-state index contributed by atoms with van der Waals surface area (Å²) in [6, 6.07) is 10.9. The van der Waals surface area contributed by atoms with Gasteiger partial charge >= 0.3 is 0 Å². The number of rotatable bonds is 5. The molecule has 1 atom stereocenters. The Labute approximate surface area is 115 Å². The van der Waals surface area contributed by atoms with Crippen molar-refractivity contribution in [3.05, 3.63) is 35.9 Å². The summed E-state index contributed by atoms with van der Waals surface area (Å²) in [7, 11) is 0. The van der Waals surface area contributed by atoms with Gasteiger partial charge in [-0.25, -0.2) is 0 Å². The number of hydrogen-bond donors (Lipinski definition) is 1. The Morgan fingerprint density at radius 2 is 2.16 bits per heavy atom. The van der Waals surface area contributed by atoms with Crippen molar-refractivity contribution in [2.45, 2.75) is 25.9 Å². The summed E-state index contributed by atoms with van der Waals surface area (Å²) in [6.07, 6.45) is 1.05. The first kappa shape index (κ1) is 14.0. The summed E-state index contributed by atoms with van der Waals surface area (Å²) in [4.78, 5) is 15.9. The fraction of sp³-hybridized carbons (Fsp3) is 0.533. The summed E-state index contributed by atoms with van der Waals surface area (Å²) in [6.45, 7) is 5.91. The summed E-state index contributed by atoms with van der Waals surface area (Å²) in [5, 5.41) is 0. The molecule has 0 aromatic heterocycles. The zero-order valence-corrected chi connectivity index (χ0v) is 11.6. The van der Waals surface area contributed by atoms with E-state index in [0.29, 0.717) is 6.04 Å². The molecule has 1 fully saturated rings. The summed E-state index contributed by atoms with van der Waals surface area (Å²) in [5.41, 5.74) is 6.75. The number of carbonyl (C=O) groups excluding carboxylic acids is 1. The minimum atomic E-state index is 0.0678. The molecule has 1 heterocycles. The van der Waals surface area contributed by atoms with Crippen LogP contribution in [0.2, 0.25) is 0 Å². The lowest BCUT2D eigenvalue weighted by Crippen LogP contribution is -2.40. The monoisotopic (exact) mass is 261 g/mol. The first-order valence-electron chi connectivity index (χ1n) is 7.00. The van der Waals surface area contributed by atoms with Crippen molar-refractivity contribution in [3.8, 4) is 0 Å². The van der Waals surface area contributed by atoms with Gasteiger partial charge in [-0.3, -0.25) is 9.69 Å². The van der Waals surface area contributed by atoms with Gasteiger partial charge in [0.15, 0.2) is 0 Å². The second kappa shape index (κ2) is 6.68. The third kappa shape index (κ3) is 3.55.